The zero-order valence-corrected chi connectivity index (χ0v) is 13.9. The lowest BCUT2D eigenvalue weighted by molar-refractivity contribution is 0.140. The van der Waals surface area contributed by atoms with E-state index >= 15 is 0 Å². The first-order valence-corrected chi connectivity index (χ1v) is 7.71. The van der Waals surface area contributed by atoms with Crippen molar-refractivity contribution in [1.82, 2.24) is 14.9 Å². The predicted octanol–water partition coefficient (Wildman–Crippen LogP) is 2.38. The average Bonchev–Trinajstić information content (AvgIpc) is 2.40. The van der Waals surface area contributed by atoms with Crippen molar-refractivity contribution in [3.05, 3.63) is 6.07 Å². The minimum atomic E-state index is 0.232. The highest BCUT2D eigenvalue weighted by atomic mass is 16.5. The Morgan fingerprint density at radius 2 is 1.90 bits per heavy atom. The van der Waals surface area contributed by atoms with Crippen LogP contribution in [0.1, 0.15) is 41.0 Å². The van der Waals surface area contributed by atoms with Gasteiger partial charge in [0.2, 0.25) is 11.8 Å². The van der Waals surface area contributed by atoms with E-state index in [9.17, 15) is 0 Å². The van der Waals surface area contributed by atoms with Crippen molar-refractivity contribution in [3.8, 4) is 5.88 Å². The molecular weight excluding hydrogens is 266 g/mol. The summed E-state index contributed by atoms with van der Waals surface area (Å²) in [4.78, 5) is 10.6. The molecular formula is C15H29N5O. The molecule has 0 aliphatic heterocycles. The van der Waals surface area contributed by atoms with E-state index in [1.165, 1.54) is 0 Å². The Morgan fingerprint density at radius 3 is 2.48 bits per heavy atom. The monoisotopic (exact) mass is 295 g/mol. The zero-order chi connectivity index (χ0) is 15.8. The predicted molar refractivity (Wildman–Crippen MR) is 87.7 cm³/mol. The third-order valence-corrected chi connectivity index (χ3v) is 3.20. The summed E-state index contributed by atoms with van der Waals surface area (Å²) in [7, 11) is 0. The van der Waals surface area contributed by atoms with Gasteiger partial charge in [-0.3, -0.25) is 4.90 Å². The van der Waals surface area contributed by atoms with Crippen LogP contribution in [0.2, 0.25) is 0 Å². The first-order valence-electron chi connectivity index (χ1n) is 7.71. The number of nitrogens with two attached hydrogens (primary N) is 1. The normalized spacial score (nSPS) is 11.4. The van der Waals surface area contributed by atoms with Crippen molar-refractivity contribution in [2.45, 2.75) is 53.1 Å². The number of nitrogen functional groups attached to an aromatic ring is 1. The number of nitrogens with one attached hydrogen (secondary N) is 1. The van der Waals surface area contributed by atoms with Gasteiger partial charge in [0.25, 0.3) is 0 Å². The average molecular weight is 295 g/mol. The molecule has 21 heavy (non-hydrogen) atoms. The molecule has 6 nitrogen and oxygen atoms in total. The number of nitrogens with zero attached hydrogens (tertiary/aromatic N) is 3. The van der Waals surface area contributed by atoms with Crippen LogP contribution in [0.25, 0.3) is 0 Å². The Labute approximate surface area is 128 Å². The minimum Gasteiger partial charge on any atom is -0.476 e. The first kappa shape index (κ1) is 17.5. The molecule has 0 spiro atoms. The number of rotatable bonds is 9. The number of anilines is 2. The molecule has 120 valence electrons. The van der Waals surface area contributed by atoms with Crippen LogP contribution in [0.3, 0.4) is 0 Å². The highest BCUT2D eigenvalue weighted by Gasteiger charge is 2.13. The van der Waals surface area contributed by atoms with Gasteiger partial charge in [-0.1, -0.05) is 6.92 Å². The van der Waals surface area contributed by atoms with Crippen molar-refractivity contribution in [3.63, 3.8) is 0 Å². The van der Waals surface area contributed by atoms with Gasteiger partial charge in [-0.15, -0.1) is 0 Å². The topological polar surface area (TPSA) is 76.3 Å². The van der Waals surface area contributed by atoms with Crippen LogP contribution in [0.5, 0.6) is 5.88 Å². The molecule has 6 heteroatoms. The van der Waals surface area contributed by atoms with Crippen LogP contribution < -0.4 is 15.8 Å². The SMILES string of the molecule is CCCNc1cc(OCCN(C(C)C)C(C)C)nc(N)n1. The molecule has 0 aromatic carbocycles. The Morgan fingerprint density at radius 1 is 1.24 bits per heavy atom. The number of hydrogen-bond donors (Lipinski definition) is 2. The van der Waals surface area contributed by atoms with E-state index in [0.29, 0.717) is 30.4 Å². The molecule has 1 aromatic rings. The van der Waals surface area contributed by atoms with E-state index in [4.69, 9.17) is 10.5 Å². The lowest BCUT2D eigenvalue weighted by Crippen LogP contribution is -2.39. The second-order valence-corrected chi connectivity index (χ2v) is 5.65. The first-order chi connectivity index (χ1) is 9.93. The number of aromatic nitrogens is 2. The van der Waals surface area contributed by atoms with E-state index in [2.05, 4.69) is 54.8 Å². The van der Waals surface area contributed by atoms with Crippen LogP contribution in [0, 0.1) is 0 Å². The second-order valence-electron chi connectivity index (χ2n) is 5.65. The molecule has 0 unspecified atom stereocenters. The molecule has 0 fully saturated rings. The fourth-order valence-electron chi connectivity index (χ4n) is 2.23. The Bertz CT molecular complexity index is 415. The summed E-state index contributed by atoms with van der Waals surface area (Å²) >= 11 is 0. The van der Waals surface area contributed by atoms with Crippen molar-refractivity contribution in [1.29, 1.82) is 0 Å². The quantitative estimate of drug-likeness (QED) is 0.728. The van der Waals surface area contributed by atoms with E-state index in [1.807, 2.05) is 0 Å². The van der Waals surface area contributed by atoms with Crippen LogP contribution in [-0.2, 0) is 0 Å². The molecule has 0 amide bonds. The highest BCUT2D eigenvalue weighted by Crippen LogP contribution is 2.15. The van der Waals surface area contributed by atoms with Gasteiger partial charge in [-0.25, -0.2) is 0 Å². The molecule has 0 atom stereocenters. The van der Waals surface area contributed by atoms with Gasteiger partial charge in [-0.05, 0) is 34.1 Å². The Balaban J connectivity index is 2.56. The number of hydrogen-bond acceptors (Lipinski definition) is 6. The van der Waals surface area contributed by atoms with Crippen LogP contribution >= 0.6 is 0 Å². The van der Waals surface area contributed by atoms with Gasteiger partial charge in [0.05, 0.1) is 0 Å². The third-order valence-electron chi connectivity index (χ3n) is 3.20. The maximum absolute atomic E-state index is 5.73. The van der Waals surface area contributed by atoms with Crippen LogP contribution in [-0.4, -0.2) is 46.6 Å². The fraction of sp³-hybridized carbons (Fsp3) is 0.733. The molecule has 0 aliphatic rings. The third kappa shape index (κ3) is 6.16. The lowest BCUT2D eigenvalue weighted by atomic mass is 10.2. The number of ether oxygens (including phenoxy) is 1. The molecule has 1 rings (SSSR count). The van der Waals surface area contributed by atoms with Gasteiger partial charge >= 0.3 is 0 Å². The highest BCUT2D eigenvalue weighted by molar-refractivity contribution is 5.42. The van der Waals surface area contributed by atoms with Gasteiger partial charge < -0.3 is 15.8 Å². The standard InChI is InChI=1S/C15H29N5O/c1-6-7-17-13-10-14(19-15(16)18-13)21-9-8-20(11(2)3)12(4)5/h10-12H,6-9H2,1-5H3,(H3,16,17,18,19). The van der Waals surface area contributed by atoms with E-state index < -0.39 is 0 Å². The summed E-state index contributed by atoms with van der Waals surface area (Å²) < 4.78 is 5.73. The summed E-state index contributed by atoms with van der Waals surface area (Å²) in [6.07, 6.45) is 1.03. The Hall–Kier alpha value is -1.56. The maximum Gasteiger partial charge on any atom is 0.225 e. The van der Waals surface area contributed by atoms with Gasteiger partial charge in [0, 0.05) is 31.2 Å². The largest absolute Gasteiger partial charge is 0.476 e. The van der Waals surface area contributed by atoms with Crippen LogP contribution in [0.15, 0.2) is 6.07 Å². The van der Waals surface area contributed by atoms with Gasteiger partial charge in [0.15, 0.2) is 0 Å². The molecule has 0 bridgehead atoms. The summed E-state index contributed by atoms with van der Waals surface area (Å²) in [6.45, 7) is 13.2. The van der Waals surface area contributed by atoms with E-state index in [1.54, 1.807) is 6.07 Å². The maximum atomic E-state index is 5.73. The van der Waals surface area contributed by atoms with Crippen molar-refractivity contribution in [2.75, 3.05) is 30.7 Å². The molecule has 0 radical (unpaired) electrons. The molecule has 3 N–H and O–H groups in total. The van der Waals surface area contributed by atoms with Crippen molar-refractivity contribution >= 4 is 11.8 Å². The van der Waals surface area contributed by atoms with E-state index in [-0.39, 0.29) is 5.95 Å². The summed E-state index contributed by atoms with van der Waals surface area (Å²) in [5, 5.41) is 3.19. The van der Waals surface area contributed by atoms with Gasteiger partial charge in [-0.2, -0.15) is 9.97 Å². The van der Waals surface area contributed by atoms with Crippen molar-refractivity contribution < 1.29 is 4.74 Å². The fourth-order valence-corrected chi connectivity index (χ4v) is 2.23. The summed E-state index contributed by atoms with van der Waals surface area (Å²) in [6, 6.07) is 2.78. The smallest absolute Gasteiger partial charge is 0.225 e. The van der Waals surface area contributed by atoms with E-state index in [0.717, 1.165) is 19.5 Å². The summed E-state index contributed by atoms with van der Waals surface area (Å²) in [5.74, 6) is 1.47. The lowest BCUT2D eigenvalue weighted by Gasteiger charge is -2.30. The molecule has 0 saturated carbocycles. The minimum absolute atomic E-state index is 0.232. The molecule has 1 heterocycles. The van der Waals surface area contributed by atoms with Crippen molar-refractivity contribution in [2.24, 2.45) is 0 Å². The summed E-state index contributed by atoms with van der Waals surface area (Å²) in [5.41, 5.74) is 5.71. The van der Waals surface area contributed by atoms with Gasteiger partial charge in [0.1, 0.15) is 12.4 Å². The second kappa shape index (κ2) is 8.67. The molecule has 1 aromatic heterocycles. The zero-order valence-electron chi connectivity index (χ0n) is 13.9. The Kier molecular flexibility index (Phi) is 7.22. The van der Waals surface area contributed by atoms with Crippen LogP contribution in [0.4, 0.5) is 11.8 Å². The molecule has 0 aliphatic carbocycles. The molecule has 0 saturated heterocycles.